The highest BCUT2D eigenvalue weighted by Gasteiger charge is 2.12. The zero-order valence-corrected chi connectivity index (χ0v) is 13.9. The van der Waals surface area contributed by atoms with Crippen LogP contribution in [0.1, 0.15) is 34.7 Å². The Balaban J connectivity index is 1.87. The zero-order chi connectivity index (χ0) is 15.8. The highest BCUT2D eigenvalue weighted by molar-refractivity contribution is 9.10. The standard InChI is InChI=1S/C18H20BrNO2/c19-17-8-6-16(7-9-17)18(22)20-12-10-15(11-13-21)14-4-2-1-3-5-14/h1-9,15,21H,10-13H2,(H,20,22). The molecule has 1 amide bonds. The maximum absolute atomic E-state index is 12.1. The van der Waals surface area contributed by atoms with E-state index in [0.29, 0.717) is 18.5 Å². The molecular formula is C18H20BrNO2. The van der Waals surface area contributed by atoms with Gasteiger partial charge in [0.1, 0.15) is 0 Å². The predicted octanol–water partition coefficient (Wildman–Crippen LogP) is 3.74. The van der Waals surface area contributed by atoms with E-state index in [1.807, 2.05) is 30.3 Å². The number of hydrogen-bond acceptors (Lipinski definition) is 2. The number of halogens is 1. The van der Waals surface area contributed by atoms with Gasteiger partial charge in [0.15, 0.2) is 0 Å². The summed E-state index contributed by atoms with van der Waals surface area (Å²) in [6, 6.07) is 17.4. The third kappa shape index (κ3) is 4.97. The van der Waals surface area contributed by atoms with E-state index in [1.54, 1.807) is 12.1 Å². The molecule has 2 N–H and O–H groups in total. The van der Waals surface area contributed by atoms with E-state index in [4.69, 9.17) is 0 Å². The normalized spacial score (nSPS) is 11.9. The highest BCUT2D eigenvalue weighted by Crippen LogP contribution is 2.22. The van der Waals surface area contributed by atoms with Gasteiger partial charge in [0, 0.05) is 23.2 Å². The van der Waals surface area contributed by atoms with Crippen molar-refractivity contribution in [3.05, 3.63) is 70.2 Å². The summed E-state index contributed by atoms with van der Waals surface area (Å²) in [6.45, 7) is 0.745. The molecule has 0 radical (unpaired) electrons. The molecule has 0 aromatic heterocycles. The van der Waals surface area contributed by atoms with Gasteiger partial charge in [-0.2, -0.15) is 0 Å². The van der Waals surface area contributed by atoms with Crippen LogP contribution in [-0.2, 0) is 0 Å². The van der Waals surface area contributed by atoms with E-state index in [1.165, 1.54) is 5.56 Å². The summed E-state index contributed by atoms with van der Waals surface area (Å²) in [4.78, 5) is 12.1. The molecule has 0 bridgehead atoms. The summed E-state index contributed by atoms with van der Waals surface area (Å²) in [5.41, 5.74) is 1.86. The molecule has 2 aromatic rings. The maximum Gasteiger partial charge on any atom is 0.251 e. The first kappa shape index (κ1) is 16.7. The van der Waals surface area contributed by atoms with Crippen LogP contribution in [0.4, 0.5) is 0 Å². The summed E-state index contributed by atoms with van der Waals surface area (Å²) in [5.74, 6) is 0.194. The molecule has 3 nitrogen and oxygen atoms in total. The first-order chi connectivity index (χ1) is 10.7. The van der Waals surface area contributed by atoms with Gasteiger partial charge in [-0.1, -0.05) is 46.3 Å². The third-order valence-corrected chi connectivity index (χ3v) is 4.16. The Morgan fingerprint density at radius 3 is 2.36 bits per heavy atom. The number of aliphatic hydroxyl groups is 1. The number of hydrogen-bond donors (Lipinski definition) is 2. The van der Waals surface area contributed by atoms with Crippen molar-refractivity contribution in [2.75, 3.05) is 13.2 Å². The molecule has 2 aromatic carbocycles. The first-order valence-corrected chi connectivity index (χ1v) is 8.19. The number of carbonyl (C=O) groups excluding carboxylic acids is 1. The number of nitrogens with one attached hydrogen (secondary N) is 1. The molecule has 2 rings (SSSR count). The second kappa shape index (κ2) is 8.71. The van der Waals surface area contributed by atoms with Crippen molar-refractivity contribution in [2.45, 2.75) is 18.8 Å². The number of amides is 1. The first-order valence-electron chi connectivity index (χ1n) is 7.40. The molecule has 0 aliphatic heterocycles. The fourth-order valence-corrected chi connectivity index (χ4v) is 2.69. The minimum Gasteiger partial charge on any atom is -0.396 e. The maximum atomic E-state index is 12.1. The van der Waals surface area contributed by atoms with E-state index >= 15 is 0 Å². The van der Waals surface area contributed by atoms with Crippen LogP contribution >= 0.6 is 15.9 Å². The molecule has 0 aliphatic rings. The van der Waals surface area contributed by atoms with Crippen LogP contribution in [0.25, 0.3) is 0 Å². The molecule has 0 saturated heterocycles. The summed E-state index contributed by atoms with van der Waals surface area (Å²) >= 11 is 3.35. The number of carbonyl (C=O) groups is 1. The minimum absolute atomic E-state index is 0.0664. The lowest BCUT2D eigenvalue weighted by molar-refractivity contribution is 0.0952. The van der Waals surface area contributed by atoms with Gasteiger partial charge in [0.2, 0.25) is 0 Å². The van der Waals surface area contributed by atoms with Gasteiger partial charge in [0.25, 0.3) is 5.91 Å². The van der Waals surface area contributed by atoms with Gasteiger partial charge in [-0.15, -0.1) is 0 Å². The minimum atomic E-state index is -0.0664. The van der Waals surface area contributed by atoms with E-state index in [2.05, 4.69) is 33.4 Å². The molecule has 116 valence electrons. The van der Waals surface area contributed by atoms with E-state index in [9.17, 15) is 9.90 Å². The van der Waals surface area contributed by atoms with Crippen molar-refractivity contribution in [3.63, 3.8) is 0 Å². The summed E-state index contributed by atoms with van der Waals surface area (Å²) < 4.78 is 0.955. The zero-order valence-electron chi connectivity index (χ0n) is 12.3. The quantitative estimate of drug-likeness (QED) is 0.789. The van der Waals surface area contributed by atoms with Gasteiger partial charge in [0.05, 0.1) is 0 Å². The van der Waals surface area contributed by atoms with E-state index < -0.39 is 0 Å². The molecule has 1 unspecified atom stereocenters. The molecular weight excluding hydrogens is 342 g/mol. The van der Waals surface area contributed by atoms with Gasteiger partial charge >= 0.3 is 0 Å². The molecule has 0 fully saturated rings. The van der Waals surface area contributed by atoms with Crippen molar-refractivity contribution in [2.24, 2.45) is 0 Å². The fourth-order valence-electron chi connectivity index (χ4n) is 2.42. The SMILES string of the molecule is O=C(NCCC(CCO)c1ccccc1)c1ccc(Br)cc1. The Hall–Kier alpha value is -1.65. The molecule has 0 saturated carbocycles. The lowest BCUT2D eigenvalue weighted by Crippen LogP contribution is -2.25. The summed E-state index contributed by atoms with van der Waals surface area (Å²) in [7, 11) is 0. The van der Waals surface area contributed by atoms with Crippen LogP contribution in [-0.4, -0.2) is 24.2 Å². The van der Waals surface area contributed by atoms with E-state index in [0.717, 1.165) is 10.9 Å². The van der Waals surface area contributed by atoms with Crippen LogP contribution in [0.5, 0.6) is 0 Å². The summed E-state index contributed by atoms with van der Waals surface area (Å²) in [5, 5.41) is 12.2. The molecule has 0 spiro atoms. The lowest BCUT2D eigenvalue weighted by atomic mass is 9.93. The smallest absolute Gasteiger partial charge is 0.251 e. The topological polar surface area (TPSA) is 49.3 Å². The Morgan fingerprint density at radius 1 is 1.05 bits per heavy atom. The molecule has 0 aliphatic carbocycles. The average Bonchev–Trinajstić information content (AvgIpc) is 2.55. The predicted molar refractivity (Wildman–Crippen MR) is 92.0 cm³/mol. The van der Waals surface area contributed by atoms with Crippen molar-refractivity contribution >= 4 is 21.8 Å². The number of benzene rings is 2. The van der Waals surface area contributed by atoms with Gasteiger partial charge in [-0.05, 0) is 48.6 Å². The van der Waals surface area contributed by atoms with Crippen molar-refractivity contribution < 1.29 is 9.90 Å². The molecule has 0 heterocycles. The molecule has 4 heteroatoms. The van der Waals surface area contributed by atoms with Crippen LogP contribution in [0.3, 0.4) is 0 Å². The number of rotatable bonds is 7. The van der Waals surface area contributed by atoms with Crippen molar-refractivity contribution in [1.82, 2.24) is 5.32 Å². The van der Waals surface area contributed by atoms with E-state index in [-0.39, 0.29) is 18.4 Å². The van der Waals surface area contributed by atoms with Gasteiger partial charge in [-0.25, -0.2) is 0 Å². The second-order valence-corrected chi connectivity index (χ2v) is 6.09. The largest absolute Gasteiger partial charge is 0.396 e. The third-order valence-electron chi connectivity index (χ3n) is 3.63. The van der Waals surface area contributed by atoms with Crippen molar-refractivity contribution in [3.8, 4) is 0 Å². The Kier molecular flexibility index (Phi) is 6.62. The number of aliphatic hydroxyl groups excluding tert-OH is 1. The Labute approximate surface area is 139 Å². The monoisotopic (exact) mass is 361 g/mol. The van der Waals surface area contributed by atoms with Crippen LogP contribution in [0.15, 0.2) is 59.1 Å². The Bertz CT molecular complexity index is 584. The van der Waals surface area contributed by atoms with Gasteiger partial charge < -0.3 is 10.4 Å². The second-order valence-electron chi connectivity index (χ2n) is 5.17. The molecule has 1 atom stereocenters. The van der Waals surface area contributed by atoms with Crippen LogP contribution < -0.4 is 5.32 Å². The lowest BCUT2D eigenvalue weighted by Gasteiger charge is -2.16. The van der Waals surface area contributed by atoms with Crippen LogP contribution in [0, 0.1) is 0 Å². The average molecular weight is 362 g/mol. The van der Waals surface area contributed by atoms with Crippen molar-refractivity contribution in [1.29, 1.82) is 0 Å². The van der Waals surface area contributed by atoms with Crippen LogP contribution in [0.2, 0.25) is 0 Å². The van der Waals surface area contributed by atoms with Gasteiger partial charge in [-0.3, -0.25) is 4.79 Å². The highest BCUT2D eigenvalue weighted by atomic mass is 79.9. The molecule has 22 heavy (non-hydrogen) atoms. The fraction of sp³-hybridized carbons (Fsp3) is 0.278. The Morgan fingerprint density at radius 2 is 1.73 bits per heavy atom. The summed E-state index contributed by atoms with van der Waals surface area (Å²) in [6.07, 6.45) is 1.52.